The zero-order valence-corrected chi connectivity index (χ0v) is 28.8. The molecule has 262 valence electrons. The van der Waals surface area contributed by atoms with Gasteiger partial charge in [0.25, 0.3) is 0 Å². The van der Waals surface area contributed by atoms with Crippen molar-refractivity contribution < 1.29 is 25.4 Å². The van der Waals surface area contributed by atoms with Gasteiger partial charge in [0.2, 0.25) is 0 Å². The van der Waals surface area contributed by atoms with Crippen LogP contribution in [0.3, 0.4) is 0 Å². The Balaban J connectivity index is 1.60. The summed E-state index contributed by atoms with van der Waals surface area (Å²) in [5, 5.41) is 50.7. The zero-order valence-electron chi connectivity index (χ0n) is 28.8. The van der Waals surface area contributed by atoms with Crippen molar-refractivity contribution in [2.45, 2.75) is 89.8 Å². The second-order valence-corrected chi connectivity index (χ2v) is 13.0. The van der Waals surface area contributed by atoms with Gasteiger partial charge >= 0.3 is 6.03 Å². The molecule has 5 rings (SSSR count). The molecule has 9 heteroatoms. The minimum absolute atomic E-state index is 0.158. The highest BCUT2D eigenvalue weighted by Gasteiger charge is 2.46. The van der Waals surface area contributed by atoms with E-state index in [1.165, 1.54) is 0 Å². The molecule has 0 aliphatic carbocycles. The normalized spacial score (nSPS) is 20.2. The van der Waals surface area contributed by atoms with Crippen LogP contribution < -0.4 is 0 Å². The summed E-state index contributed by atoms with van der Waals surface area (Å²) in [6.45, 7) is 4.35. The number of hydrogen-bond donors (Lipinski definition) is 4. The first-order valence-corrected chi connectivity index (χ1v) is 17.5. The van der Waals surface area contributed by atoms with Crippen molar-refractivity contribution in [2.24, 2.45) is 10.3 Å². The van der Waals surface area contributed by atoms with Crippen LogP contribution in [0.5, 0.6) is 0 Å². The largest absolute Gasteiger partial charge is 0.411 e. The minimum atomic E-state index is -1.26. The van der Waals surface area contributed by atoms with Crippen LogP contribution in [-0.2, 0) is 25.9 Å². The maximum Gasteiger partial charge on any atom is 0.321 e. The van der Waals surface area contributed by atoms with Gasteiger partial charge in [0.05, 0.1) is 23.5 Å². The van der Waals surface area contributed by atoms with E-state index in [-0.39, 0.29) is 19.1 Å². The average Bonchev–Trinajstić information content (AvgIpc) is 3.21. The Kier molecular flexibility index (Phi) is 12.8. The van der Waals surface area contributed by atoms with Gasteiger partial charge in [-0.25, -0.2) is 4.79 Å². The number of benzene rings is 4. The molecule has 4 N–H and O–H groups in total. The summed E-state index contributed by atoms with van der Waals surface area (Å²) in [5.74, 6) is 0. The number of amides is 2. The summed E-state index contributed by atoms with van der Waals surface area (Å²) >= 11 is 0. The van der Waals surface area contributed by atoms with Gasteiger partial charge in [0.1, 0.15) is 12.2 Å². The monoisotopic (exact) mass is 676 g/mol. The molecule has 0 spiro atoms. The number of nitrogens with zero attached hydrogens (tertiary/aromatic N) is 4. The lowest BCUT2D eigenvalue weighted by atomic mass is 9.90. The molecule has 4 aromatic rings. The zero-order chi connectivity index (χ0) is 35.5. The molecule has 1 heterocycles. The molecular weight excluding hydrogens is 628 g/mol. The van der Waals surface area contributed by atoms with Gasteiger partial charge in [0.15, 0.2) is 0 Å². The second kappa shape index (κ2) is 17.6. The molecule has 0 unspecified atom stereocenters. The molecule has 1 aliphatic heterocycles. The molecule has 4 aromatic carbocycles. The van der Waals surface area contributed by atoms with Gasteiger partial charge in [-0.2, -0.15) is 0 Å². The van der Waals surface area contributed by atoms with Gasteiger partial charge in [-0.05, 0) is 71.2 Å². The van der Waals surface area contributed by atoms with Crippen LogP contribution in [0.15, 0.2) is 120 Å². The Morgan fingerprint density at radius 3 is 1.32 bits per heavy atom. The number of carbonyl (C=O) groups is 1. The molecule has 1 aliphatic rings. The SMILES string of the molecule is CCC/C(=N/O)c1cccc(CN2C(=O)N(Cc3cccc(/C(CCC)=N\O)c3)[C@H](Cc3ccccc3)[C@H](O)[C@@H](O)[C@H]2Cc2ccccc2)c1. The topological polar surface area (TPSA) is 129 Å². The number of hydrogen-bond acceptors (Lipinski definition) is 7. The number of urea groups is 1. The van der Waals surface area contributed by atoms with E-state index >= 15 is 4.79 Å². The quantitative estimate of drug-likeness (QED) is 0.0648. The molecule has 1 fully saturated rings. The fourth-order valence-corrected chi connectivity index (χ4v) is 6.88. The van der Waals surface area contributed by atoms with Gasteiger partial charge in [-0.3, -0.25) is 0 Å². The van der Waals surface area contributed by atoms with Crippen molar-refractivity contribution in [1.29, 1.82) is 0 Å². The lowest BCUT2D eigenvalue weighted by Crippen LogP contribution is -2.50. The van der Waals surface area contributed by atoms with Crippen molar-refractivity contribution in [3.05, 3.63) is 143 Å². The standard InChI is InChI=1S/C41H48N4O5/c1-3-13-35(42-49)33-21-11-19-31(23-33)27-44-37(25-29-15-7-5-8-16-29)39(46)40(47)38(26-30-17-9-6-10-18-30)45(41(44)48)28-32-20-12-22-34(24-32)36(43-50)14-4-2/h5-12,15-24,37-40,46-47,49-50H,3-4,13-14,25-28H2,1-2H3/b42-35-,43-36-/t37-,38-,39+,40+/m1/s1. The van der Waals surface area contributed by atoms with Crippen LogP contribution in [0.2, 0.25) is 0 Å². The molecule has 0 bridgehead atoms. The third-order valence-electron chi connectivity index (χ3n) is 9.45. The molecule has 1 saturated heterocycles. The second-order valence-electron chi connectivity index (χ2n) is 13.0. The van der Waals surface area contributed by atoms with E-state index in [1.54, 1.807) is 9.80 Å². The molecule has 0 aromatic heterocycles. The molecule has 2 amide bonds. The van der Waals surface area contributed by atoms with Crippen molar-refractivity contribution in [2.75, 3.05) is 0 Å². The Hall–Kier alpha value is -4.99. The van der Waals surface area contributed by atoms with E-state index in [0.29, 0.717) is 37.1 Å². The van der Waals surface area contributed by atoms with Crippen molar-refractivity contribution >= 4 is 17.5 Å². The summed E-state index contributed by atoms with van der Waals surface area (Å²) in [6, 6.07) is 32.8. The molecule has 0 radical (unpaired) electrons. The van der Waals surface area contributed by atoms with E-state index < -0.39 is 24.3 Å². The number of aliphatic hydroxyl groups excluding tert-OH is 2. The first-order chi connectivity index (χ1) is 24.4. The van der Waals surface area contributed by atoms with Gasteiger partial charge in [-0.1, -0.05) is 134 Å². The van der Waals surface area contributed by atoms with Gasteiger partial charge in [-0.15, -0.1) is 0 Å². The molecule has 9 nitrogen and oxygen atoms in total. The van der Waals surface area contributed by atoms with E-state index in [4.69, 9.17) is 0 Å². The Bertz CT molecular complexity index is 1620. The highest BCUT2D eigenvalue weighted by Crippen LogP contribution is 2.30. The highest BCUT2D eigenvalue weighted by atomic mass is 16.4. The number of carbonyl (C=O) groups excluding carboxylic acids is 1. The minimum Gasteiger partial charge on any atom is -0.411 e. The summed E-state index contributed by atoms with van der Waals surface area (Å²) in [7, 11) is 0. The van der Waals surface area contributed by atoms with E-state index in [9.17, 15) is 20.6 Å². The van der Waals surface area contributed by atoms with Gasteiger partial charge < -0.3 is 30.4 Å². The first-order valence-electron chi connectivity index (χ1n) is 17.5. The third kappa shape index (κ3) is 8.77. The van der Waals surface area contributed by atoms with Crippen molar-refractivity contribution in [3.63, 3.8) is 0 Å². The Labute approximate surface area is 294 Å². The number of aliphatic hydroxyl groups is 2. The van der Waals surface area contributed by atoms with E-state index in [2.05, 4.69) is 10.3 Å². The smallest absolute Gasteiger partial charge is 0.321 e. The predicted octanol–water partition coefficient (Wildman–Crippen LogP) is 7.03. The summed E-state index contributed by atoms with van der Waals surface area (Å²) in [5.41, 5.74) is 6.12. The van der Waals surface area contributed by atoms with E-state index in [0.717, 1.165) is 46.2 Å². The molecule has 50 heavy (non-hydrogen) atoms. The van der Waals surface area contributed by atoms with Gasteiger partial charge in [0, 0.05) is 13.1 Å². The first kappa shape index (κ1) is 36.3. The summed E-state index contributed by atoms with van der Waals surface area (Å²) in [4.78, 5) is 18.5. The van der Waals surface area contributed by atoms with Crippen LogP contribution in [0.4, 0.5) is 4.79 Å². The lowest BCUT2D eigenvalue weighted by Gasteiger charge is -2.36. The van der Waals surface area contributed by atoms with Crippen molar-refractivity contribution in [3.8, 4) is 0 Å². The van der Waals surface area contributed by atoms with E-state index in [1.807, 2.05) is 123 Å². The lowest BCUT2D eigenvalue weighted by molar-refractivity contribution is -0.0408. The molecule has 0 saturated carbocycles. The van der Waals surface area contributed by atoms with Crippen LogP contribution in [-0.4, -0.2) is 72.2 Å². The molecular formula is C41H48N4O5. The maximum atomic E-state index is 15.1. The Morgan fingerprint density at radius 2 is 0.960 bits per heavy atom. The molecule has 4 atom stereocenters. The fourth-order valence-electron chi connectivity index (χ4n) is 6.88. The average molecular weight is 677 g/mol. The van der Waals surface area contributed by atoms with Crippen molar-refractivity contribution in [1.82, 2.24) is 9.80 Å². The van der Waals surface area contributed by atoms with Crippen LogP contribution >= 0.6 is 0 Å². The van der Waals surface area contributed by atoms with Crippen LogP contribution in [0, 0.1) is 0 Å². The summed E-state index contributed by atoms with van der Waals surface area (Å²) < 4.78 is 0. The summed E-state index contributed by atoms with van der Waals surface area (Å²) in [6.07, 6.45) is 0.940. The Morgan fingerprint density at radius 1 is 0.580 bits per heavy atom. The number of oxime groups is 2. The van der Waals surface area contributed by atoms with Crippen LogP contribution in [0.1, 0.15) is 72.9 Å². The third-order valence-corrected chi connectivity index (χ3v) is 9.45. The predicted molar refractivity (Wildman–Crippen MR) is 196 cm³/mol. The van der Waals surface area contributed by atoms with Crippen LogP contribution in [0.25, 0.3) is 0 Å². The maximum absolute atomic E-state index is 15.1. The fraction of sp³-hybridized carbons (Fsp3) is 0.341. The number of rotatable bonds is 14. The highest BCUT2D eigenvalue weighted by molar-refractivity contribution is 6.00.